The number of anilines is 1. The Morgan fingerprint density at radius 2 is 1.78 bits per heavy atom. The highest BCUT2D eigenvalue weighted by atomic mass is 32.2. The number of urea groups is 1. The molecule has 0 spiro atoms. The minimum absolute atomic E-state index is 0.00747. The zero-order valence-electron chi connectivity index (χ0n) is 14.0. The summed E-state index contributed by atoms with van der Waals surface area (Å²) in [6, 6.07) is 5.63. The molecule has 0 unspecified atom stereocenters. The molecule has 2 amide bonds. The van der Waals surface area contributed by atoms with Crippen LogP contribution in [0.1, 0.15) is 20.3 Å². The molecule has 0 aliphatic heterocycles. The molecule has 7 nitrogen and oxygen atoms in total. The fourth-order valence-electron chi connectivity index (χ4n) is 2.13. The molecule has 0 heterocycles. The number of hydrogen-bond acceptors (Lipinski definition) is 4. The van der Waals surface area contributed by atoms with Crippen molar-refractivity contribution in [2.45, 2.75) is 31.2 Å². The summed E-state index contributed by atoms with van der Waals surface area (Å²) in [5.41, 5.74) is 0.500. The molecule has 0 saturated carbocycles. The van der Waals surface area contributed by atoms with E-state index >= 15 is 0 Å². The number of nitrogens with one attached hydrogen (secondary N) is 2. The highest BCUT2D eigenvalue weighted by molar-refractivity contribution is 7.89. The smallest absolute Gasteiger partial charge is 0.319 e. The Bertz CT molecular complexity index is 612. The second kappa shape index (κ2) is 8.28. The van der Waals surface area contributed by atoms with Crippen molar-refractivity contribution in [3.05, 3.63) is 24.3 Å². The first-order valence-corrected chi connectivity index (χ1v) is 8.98. The third kappa shape index (κ3) is 6.98. The van der Waals surface area contributed by atoms with Crippen molar-refractivity contribution in [2.24, 2.45) is 11.1 Å². The van der Waals surface area contributed by atoms with E-state index in [0.717, 1.165) is 6.42 Å². The van der Waals surface area contributed by atoms with Crippen molar-refractivity contribution in [3.63, 3.8) is 0 Å². The van der Waals surface area contributed by atoms with Gasteiger partial charge in [-0.1, -0.05) is 13.8 Å². The van der Waals surface area contributed by atoms with Crippen LogP contribution in [-0.4, -0.2) is 46.0 Å². The number of rotatable bonds is 7. The lowest BCUT2D eigenvalue weighted by Gasteiger charge is -2.26. The van der Waals surface area contributed by atoms with E-state index in [-0.39, 0.29) is 17.0 Å². The van der Waals surface area contributed by atoms with Crippen LogP contribution in [0.25, 0.3) is 0 Å². The summed E-state index contributed by atoms with van der Waals surface area (Å²) in [5.74, 6) is 0.540. The number of hydrogen-bond donors (Lipinski definition) is 3. The van der Waals surface area contributed by atoms with Gasteiger partial charge < -0.3 is 15.5 Å². The Balaban J connectivity index is 2.56. The van der Waals surface area contributed by atoms with Crippen molar-refractivity contribution in [1.82, 2.24) is 10.2 Å². The van der Waals surface area contributed by atoms with Crippen LogP contribution in [0.2, 0.25) is 0 Å². The largest absolute Gasteiger partial charge is 0.336 e. The number of nitrogens with two attached hydrogens (primary N) is 1. The molecule has 0 radical (unpaired) electrons. The van der Waals surface area contributed by atoms with Gasteiger partial charge >= 0.3 is 6.03 Å². The van der Waals surface area contributed by atoms with Crippen molar-refractivity contribution in [2.75, 3.05) is 26.0 Å². The molecule has 0 aliphatic rings. The summed E-state index contributed by atoms with van der Waals surface area (Å²) in [5, 5.41) is 10.5. The third-order valence-electron chi connectivity index (χ3n) is 3.41. The molecule has 8 heteroatoms. The van der Waals surface area contributed by atoms with E-state index in [0.29, 0.717) is 18.2 Å². The normalized spacial score (nSPS) is 13.2. The van der Waals surface area contributed by atoms with E-state index in [9.17, 15) is 13.2 Å². The van der Waals surface area contributed by atoms with Crippen molar-refractivity contribution in [1.29, 1.82) is 0 Å². The van der Waals surface area contributed by atoms with Gasteiger partial charge in [-0.25, -0.2) is 18.4 Å². The minimum atomic E-state index is -3.72. The minimum Gasteiger partial charge on any atom is -0.336 e. The molecule has 1 aromatic rings. The number of likely N-dealkylation sites (N-methyl/N-ethyl adjacent to an activating group) is 1. The molecule has 0 saturated heterocycles. The monoisotopic (exact) mass is 342 g/mol. The molecule has 1 aromatic carbocycles. The van der Waals surface area contributed by atoms with E-state index in [2.05, 4.69) is 29.4 Å². The average Bonchev–Trinajstić information content (AvgIpc) is 2.42. The standard InChI is InChI=1S/C15H26N4O3S/c1-11(2)9-13(19(3)4)10-17-15(20)18-12-5-7-14(8-6-12)23(16,21)22/h5-8,11,13H,9-10H2,1-4H3,(H2,16,21,22)(H2,17,18,20)/t13-/m0/s1. The van der Waals surface area contributed by atoms with Crippen LogP contribution in [0.5, 0.6) is 0 Å². The Kier molecular flexibility index (Phi) is 6.99. The molecule has 0 aromatic heterocycles. The summed E-state index contributed by atoms with van der Waals surface area (Å²) in [6.07, 6.45) is 0.982. The number of carbonyl (C=O) groups is 1. The summed E-state index contributed by atoms with van der Waals surface area (Å²) < 4.78 is 22.3. The molecule has 0 bridgehead atoms. The molecular formula is C15H26N4O3S. The van der Waals surface area contributed by atoms with Crippen LogP contribution in [0.3, 0.4) is 0 Å². The van der Waals surface area contributed by atoms with Crippen LogP contribution >= 0.6 is 0 Å². The molecule has 130 valence electrons. The van der Waals surface area contributed by atoms with Gasteiger partial charge in [0.15, 0.2) is 0 Å². The molecule has 4 N–H and O–H groups in total. The first-order chi connectivity index (χ1) is 10.6. The lowest BCUT2D eigenvalue weighted by molar-refractivity contribution is 0.231. The molecular weight excluding hydrogens is 316 g/mol. The molecule has 0 fully saturated rings. The summed E-state index contributed by atoms with van der Waals surface area (Å²) >= 11 is 0. The third-order valence-corrected chi connectivity index (χ3v) is 4.34. The lowest BCUT2D eigenvalue weighted by atomic mass is 10.0. The van der Waals surface area contributed by atoms with Crippen molar-refractivity contribution in [3.8, 4) is 0 Å². The Labute approximate surface area is 138 Å². The van der Waals surface area contributed by atoms with Crippen molar-refractivity contribution < 1.29 is 13.2 Å². The van der Waals surface area contributed by atoms with Gasteiger partial charge in [0.2, 0.25) is 10.0 Å². The van der Waals surface area contributed by atoms with E-state index in [4.69, 9.17) is 5.14 Å². The van der Waals surface area contributed by atoms with Crippen LogP contribution in [-0.2, 0) is 10.0 Å². The Morgan fingerprint density at radius 3 is 2.22 bits per heavy atom. The summed E-state index contributed by atoms with van der Waals surface area (Å²) in [4.78, 5) is 14.0. The lowest BCUT2D eigenvalue weighted by Crippen LogP contribution is -2.42. The Morgan fingerprint density at radius 1 is 1.22 bits per heavy atom. The van der Waals surface area contributed by atoms with Gasteiger partial charge in [0.25, 0.3) is 0 Å². The SMILES string of the molecule is CC(C)C[C@@H](CNC(=O)Nc1ccc(S(N)(=O)=O)cc1)N(C)C. The topological polar surface area (TPSA) is 105 Å². The number of amides is 2. The fraction of sp³-hybridized carbons (Fsp3) is 0.533. The van der Waals surface area contributed by atoms with Crippen LogP contribution in [0, 0.1) is 5.92 Å². The molecule has 1 rings (SSSR count). The van der Waals surface area contributed by atoms with E-state index in [1.807, 2.05) is 14.1 Å². The zero-order chi connectivity index (χ0) is 17.6. The molecule has 0 aliphatic carbocycles. The van der Waals surface area contributed by atoms with E-state index < -0.39 is 10.0 Å². The predicted molar refractivity (Wildman–Crippen MR) is 91.8 cm³/mol. The first kappa shape index (κ1) is 19.4. The summed E-state index contributed by atoms with van der Waals surface area (Å²) in [6.45, 7) is 4.82. The van der Waals surface area contributed by atoms with Crippen LogP contribution < -0.4 is 15.8 Å². The Hall–Kier alpha value is -1.64. The quantitative estimate of drug-likeness (QED) is 0.697. The van der Waals surface area contributed by atoms with Crippen LogP contribution in [0.15, 0.2) is 29.2 Å². The van der Waals surface area contributed by atoms with Gasteiger partial charge in [0, 0.05) is 18.3 Å². The van der Waals surface area contributed by atoms with Gasteiger partial charge in [-0.2, -0.15) is 0 Å². The van der Waals surface area contributed by atoms with Gasteiger partial charge in [-0.15, -0.1) is 0 Å². The highest BCUT2D eigenvalue weighted by Gasteiger charge is 2.14. The average molecular weight is 342 g/mol. The number of sulfonamides is 1. The number of nitrogens with zero attached hydrogens (tertiary/aromatic N) is 1. The van der Waals surface area contributed by atoms with E-state index in [1.54, 1.807) is 0 Å². The van der Waals surface area contributed by atoms with Crippen LogP contribution in [0.4, 0.5) is 10.5 Å². The summed E-state index contributed by atoms with van der Waals surface area (Å²) in [7, 11) is 0.245. The number of carbonyl (C=O) groups excluding carboxylic acids is 1. The highest BCUT2D eigenvalue weighted by Crippen LogP contribution is 2.13. The molecule has 23 heavy (non-hydrogen) atoms. The zero-order valence-corrected chi connectivity index (χ0v) is 14.9. The fourth-order valence-corrected chi connectivity index (χ4v) is 2.65. The first-order valence-electron chi connectivity index (χ1n) is 7.43. The van der Waals surface area contributed by atoms with Gasteiger partial charge in [-0.05, 0) is 50.7 Å². The maximum Gasteiger partial charge on any atom is 0.319 e. The second-order valence-electron chi connectivity index (χ2n) is 6.15. The number of benzene rings is 1. The predicted octanol–water partition coefficient (Wildman–Crippen LogP) is 1.43. The van der Waals surface area contributed by atoms with Gasteiger partial charge in [-0.3, -0.25) is 0 Å². The maximum absolute atomic E-state index is 11.9. The van der Waals surface area contributed by atoms with E-state index in [1.165, 1.54) is 24.3 Å². The van der Waals surface area contributed by atoms with Gasteiger partial charge in [0.05, 0.1) is 4.90 Å². The maximum atomic E-state index is 11.9. The number of primary sulfonamides is 1. The van der Waals surface area contributed by atoms with Crippen molar-refractivity contribution >= 4 is 21.7 Å². The molecule has 1 atom stereocenters. The van der Waals surface area contributed by atoms with Gasteiger partial charge in [0.1, 0.15) is 0 Å². The second-order valence-corrected chi connectivity index (χ2v) is 7.71.